The van der Waals surface area contributed by atoms with Gasteiger partial charge in [0.1, 0.15) is 11.6 Å². The number of benzene rings is 2. The van der Waals surface area contributed by atoms with Gasteiger partial charge in [0.2, 0.25) is 0 Å². The molecule has 0 radical (unpaired) electrons. The fourth-order valence-electron chi connectivity index (χ4n) is 4.04. The quantitative estimate of drug-likeness (QED) is 0.478. The number of carbonyl (C=O) groups excluding carboxylic acids is 1. The summed E-state index contributed by atoms with van der Waals surface area (Å²) in [6.07, 6.45) is 0.827. The van der Waals surface area contributed by atoms with Gasteiger partial charge in [0.15, 0.2) is 0 Å². The highest BCUT2D eigenvalue weighted by Gasteiger charge is 2.29. The predicted octanol–water partition coefficient (Wildman–Crippen LogP) is 5.62. The van der Waals surface area contributed by atoms with Gasteiger partial charge in [0.05, 0.1) is 29.7 Å². The molecule has 1 unspecified atom stereocenters. The Labute approximate surface area is 208 Å². The van der Waals surface area contributed by atoms with Gasteiger partial charge in [-0.3, -0.25) is 9.36 Å². The molecule has 2 aromatic carbocycles. The summed E-state index contributed by atoms with van der Waals surface area (Å²) in [5.41, 5.74) is 1.60. The van der Waals surface area contributed by atoms with Crippen LogP contribution in [0.15, 0.2) is 47.3 Å². The van der Waals surface area contributed by atoms with E-state index in [1.165, 1.54) is 0 Å². The van der Waals surface area contributed by atoms with Crippen molar-refractivity contribution >= 4 is 16.9 Å². The second-order valence-corrected chi connectivity index (χ2v) is 10.5. The highest BCUT2D eigenvalue weighted by molar-refractivity contribution is 5.79. The van der Waals surface area contributed by atoms with Crippen molar-refractivity contribution in [2.75, 3.05) is 13.7 Å². The molecule has 188 valence electrons. The Kier molecular flexibility index (Phi) is 7.88. The van der Waals surface area contributed by atoms with Crippen LogP contribution in [0.5, 0.6) is 5.75 Å². The lowest BCUT2D eigenvalue weighted by Gasteiger charge is -2.34. The van der Waals surface area contributed by atoms with Gasteiger partial charge in [-0.1, -0.05) is 32.0 Å². The van der Waals surface area contributed by atoms with E-state index in [2.05, 4.69) is 19.2 Å². The normalized spacial score (nSPS) is 12.6. The van der Waals surface area contributed by atoms with E-state index in [0.717, 1.165) is 12.0 Å². The third-order valence-electron chi connectivity index (χ3n) is 5.91. The Morgan fingerprint density at radius 1 is 1.14 bits per heavy atom. The number of methoxy groups -OCH3 is 1. The summed E-state index contributed by atoms with van der Waals surface area (Å²) >= 11 is 0. The number of carbonyl (C=O) groups is 1. The minimum Gasteiger partial charge on any atom is -0.495 e. The highest BCUT2D eigenvalue weighted by atomic mass is 16.5. The van der Waals surface area contributed by atoms with Gasteiger partial charge in [0, 0.05) is 12.1 Å². The van der Waals surface area contributed by atoms with E-state index < -0.39 is 11.6 Å². The minimum absolute atomic E-state index is 0.184. The first-order chi connectivity index (χ1) is 16.4. The number of para-hydroxylation sites is 1. The Balaban J connectivity index is 2.27. The Hall–Kier alpha value is -3.35. The summed E-state index contributed by atoms with van der Waals surface area (Å²) in [5.74, 6) is 1.47. The van der Waals surface area contributed by atoms with Crippen LogP contribution in [0.1, 0.15) is 65.4 Å². The number of nitrogens with zero attached hydrogens (tertiary/aromatic N) is 3. The van der Waals surface area contributed by atoms with E-state index in [1.807, 2.05) is 71.0 Å². The van der Waals surface area contributed by atoms with Crippen LogP contribution in [0, 0.1) is 12.8 Å². The Morgan fingerprint density at radius 3 is 2.46 bits per heavy atom. The van der Waals surface area contributed by atoms with E-state index in [-0.39, 0.29) is 11.6 Å². The summed E-state index contributed by atoms with van der Waals surface area (Å²) in [6.45, 7) is 14.6. The van der Waals surface area contributed by atoms with Gasteiger partial charge >= 0.3 is 6.03 Å². The lowest BCUT2D eigenvalue weighted by Crippen LogP contribution is -2.50. The smallest absolute Gasteiger partial charge is 0.318 e. The molecule has 0 saturated carbocycles. The molecule has 35 heavy (non-hydrogen) atoms. The zero-order valence-corrected chi connectivity index (χ0v) is 22.2. The third kappa shape index (κ3) is 6.02. The van der Waals surface area contributed by atoms with E-state index in [9.17, 15) is 9.59 Å². The first-order valence-corrected chi connectivity index (χ1v) is 12.2. The third-order valence-corrected chi connectivity index (χ3v) is 5.91. The number of amides is 2. The van der Waals surface area contributed by atoms with Crippen LogP contribution >= 0.6 is 0 Å². The van der Waals surface area contributed by atoms with Gasteiger partial charge in [0.25, 0.3) is 5.56 Å². The molecule has 0 fully saturated rings. The first-order valence-electron chi connectivity index (χ1n) is 12.2. The van der Waals surface area contributed by atoms with E-state index in [1.54, 1.807) is 22.6 Å². The zero-order chi connectivity index (χ0) is 25.9. The van der Waals surface area contributed by atoms with E-state index in [4.69, 9.17) is 9.72 Å². The van der Waals surface area contributed by atoms with Crippen LogP contribution < -0.4 is 15.6 Å². The lowest BCUT2D eigenvalue weighted by molar-refractivity contribution is 0.163. The fraction of sp³-hybridized carbons (Fsp3) is 0.464. The van der Waals surface area contributed by atoms with Gasteiger partial charge < -0.3 is 15.0 Å². The molecule has 0 saturated heterocycles. The van der Waals surface area contributed by atoms with Crippen LogP contribution in [0.25, 0.3) is 16.6 Å². The molecule has 0 aliphatic rings. The molecule has 1 atom stereocenters. The van der Waals surface area contributed by atoms with Crippen molar-refractivity contribution in [3.63, 3.8) is 0 Å². The average molecular weight is 479 g/mol. The SMILES string of the molecule is COc1ccc(C)cc1-n1c(C(C)N(CCC(C)C)C(=O)NC(C)(C)C)nc2ccccc2c1=O. The summed E-state index contributed by atoms with van der Waals surface area (Å²) in [5, 5.41) is 3.60. The molecular formula is C28H38N4O3. The summed E-state index contributed by atoms with van der Waals surface area (Å²) in [7, 11) is 1.59. The number of hydrogen-bond acceptors (Lipinski definition) is 4. The number of aryl methyl sites for hydroxylation is 1. The minimum atomic E-state index is -0.473. The van der Waals surface area contributed by atoms with Crippen molar-refractivity contribution in [3.05, 3.63) is 64.2 Å². The number of rotatable bonds is 7. The summed E-state index contributed by atoms with van der Waals surface area (Å²) in [4.78, 5) is 34.0. The Morgan fingerprint density at radius 2 is 1.83 bits per heavy atom. The zero-order valence-electron chi connectivity index (χ0n) is 22.2. The van der Waals surface area contributed by atoms with Crippen LogP contribution in [0.3, 0.4) is 0 Å². The van der Waals surface area contributed by atoms with E-state index >= 15 is 0 Å². The number of ether oxygens (including phenoxy) is 1. The van der Waals surface area contributed by atoms with Gasteiger partial charge in [-0.15, -0.1) is 0 Å². The largest absolute Gasteiger partial charge is 0.495 e. The lowest BCUT2D eigenvalue weighted by atomic mass is 10.1. The number of hydrogen-bond donors (Lipinski definition) is 1. The molecule has 0 aliphatic carbocycles. The molecule has 1 heterocycles. The maximum Gasteiger partial charge on any atom is 0.318 e. The molecule has 0 aliphatic heterocycles. The van der Waals surface area contributed by atoms with Crippen molar-refractivity contribution < 1.29 is 9.53 Å². The van der Waals surface area contributed by atoms with Crippen LogP contribution in [0.2, 0.25) is 0 Å². The van der Waals surface area contributed by atoms with Crippen molar-refractivity contribution in [3.8, 4) is 11.4 Å². The fourth-order valence-corrected chi connectivity index (χ4v) is 4.04. The summed E-state index contributed by atoms with van der Waals surface area (Å²) < 4.78 is 7.23. The second kappa shape index (κ2) is 10.5. The number of fused-ring (bicyclic) bond motifs is 1. The highest BCUT2D eigenvalue weighted by Crippen LogP contribution is 2.29. The van der Waals surface area contributed by atoms with Crippen molar-refractivity contribution in [2.45, 2.75) is 66.5 Å². The Bertz CT molecular complexity index is 1260. The molecule has 0 bridgehead atoms. The molecule has 1 aromatic heterocycles. The average Bonchev–Trinajstić information content (AvgIpc) is 2.77. The molecule has 7 nitrogen and oxygen atoms in total. The van der Waals surface area contributed by atoms with Crippen LogP contribution in [0.4, 0.5) is 4.79 Å². The molecule has 2 amide bonds. The van der Waals surface area contributed by atoms with Gasteiger partial charge in [-0.05, 0) is 76.8 Å². The predicted molar refractivity (Wildman–Crippen MR) is 141 cm³/mol. The molecule has 0 spiro atoms. The first kappa shape index (κ1) is 26.3. The van der Waals surface area contributed by atoms with Gasteiger partial charge in [-0.2, -0.15) is 0 Å². The molecule has 1 N–H and O–H groups in total. The van der Waals surface area contributed by atoms with Crippen LogP contribution in [-0.2, 0) is 0 Å². The number of nitrogens with one attached hydrogen (secondary N) is 1. The standard InChI is InChI=1S/C28H38N4O3/c1-18(2)15-16-31(27(34)30-28(5,6)7)20(4)25-29-22-12-10-9-11-21(22)26(33)32(25)23-17-19(3)13-14-24(23)35-8/h9-14,17-18,20H,15-16H2,1-8H3,(H,30,34). The maximum atomic E-state index is 13.9. The molecule has 3 aromatic rings. The number of urea groups is 1. The molecule has 7 heteroatoms. The van der Waals surface area contributed by atoms with Crippen molar-refractivity contribution in [2.24, 2.45) is 5.92 Å². The maximum absolute atomic E-state index is 13.9. The van der Waals surface area contributed by atoms with Gasteiger partial charge in [-0.25, -0.2) is 9.78 Å². The number of aromatic nitrogens is 2. The van der Waals surface area contributed by atoms with Crippen LogP contribution in [-0.4, -0.2) is 39.7 Å². The molecular weight excluding hydrogens is 440 g/mol. The van der Waals surface area contributed by atoms with Crippen molar-refractivity contribution in [1.29, 1.82) is 0 Å². The summed E-state index contributed by atoms with van der Waals surface area (Å²) in [6, 6.07) is 12.4. The second-order valence-electron chi connectivity index (χ2n) is 10.5. The monoisotopic (exact) mass is 478 g/mol. The van der Waals surface area contributed by atoms with E-state index in [0.29, 0.717) is 40.6 Å². The van der Waals surface area contributed by atoms with Crippen molar-refractivity contribution in [1.82, 2.24) is 19.8 Å². The topological polar surface area (TPSA) is 76.5 Å². The molecule has 3 rings (SSSR count).